The van der Waals surface area contributed by atoms with E-state index >= 15 is 0 Å². The molecule has 0 unspecified atom stereocenters. The number of nitrogens with one attached hydrogen (secondary N) is 1. The lowest BCUT2D eigenvalue weighted by molar-refractivity contribution is 0.326. The van der Waals surface area contributed by atoms with Crippen LogP contribution >= 0.6 is 0 Å². The highest BCUT2D eigenvalue weighted by atomic mass is 16.3. The topological polar surface area (TPSA) is 32.3 Å². The molecule has 0 heterocycles. The first kappa shape index (κ1) is 9.75. The van der Waals surface area contributed by atoms with Gasteiger partial charge in [0.1, 0.15) is 0 Å². The number of hydrogen-bond donors (Lipinski definition) is 2. The predicted octanol–water partition coefficient (Wildman–Crippen LogP) is 1.46. The van der Waals surface area contributed by atoms with Crippen molar-refractivity contribution in [3.8, 4) is 0 Å². The highest BCUT2D eigenvalue weighted by Gasteiger charge is 2.10. The molecule has 1 rings (SSSR count). The van der Waals surface area contributed by atoms with Crippen molar-refractivity contribution in [2.24, 2.45) is 0 Å². The van der Waals surface area contributed by atoms with Crippen molar-refractivity contribution in [1.29, 1.82) is 0 Å². The Hall–Kier alpha value is -0.340. The number of aliphatic hydroxyl groups excluding tert-OH is 1. The summed E-state index contributed by atoms with van der Waals surface area (Å²) in [7, 11) is 0. The van der Waals surface area contributed by atoms with Gasteiger partial charge in [0.05, 0.1) is 6.61 Å². The third kappa shape index (κ3) is 2.95. The standard InChI is InChI=1S/C10H19NO/c1-2-11-10-5-3-4-9(8-12)6-7-10/h6,10-12H,2-5,7-8H2,1H3/t10-/m1/s1. The number of rotatable bonds is 3. The summed E-state index contributed by atoms with van der Waals surface area (Å²) in [5, 5.41) is 12.4. The van der Waals surface area contributed by atoms with E-state index in [9.17, 15) is 0 Å². The van der Waals surface area contributed by atoms with Crippen molar-refractivity contribution in [3.63, 3.8) is 0 Å². The van der Waals surface area contributed by atoms with E-state index in [2.05, 4.69) is 18.3 Å². The maximum absolute atomic E-state index is 8.94. The summed E-state index contributed by atoms with van der Waals surface area (Å²) in [4.78, 5) is 0. The third-order valence-electron chi connectivity index (χ3n) is 2.44. The number of aliphatic hydroxyl groups is 1. The highest BCUT2D eigenvalue weighted by molar-refractivity contribution is 5.05. The van der Waals surface area contributed by atoms with Gasteiger partial charge in [0.15, 0.2) is 0 Å². The van der Waals surface area contributed by atoms with Crippen molar-refractivity contribution >= 4 is 0 Å². The first-order chi connectivity index (χ1) is 5.86. The zero-order valence-electron chi connectivity index (χ0n) is 7.84. The molecular formula is C10H19NO. The van der Waals surface area contributed by atoms with Gasteiger partial charge in [-0.15, -0.1) is 0 Å². The lowest BCUT2D eigenvalue weighted by Crippen LogP contribution is -2.27. The molecule has 2 heteroatoms. The van der Waals surface area contributed by atoms with E-state index in [-0.39, 0.29) is 6.61 Å². The Labute approximate surface area is 74.7 Å². The summed E-state index contributed by atoms with van der Waals surface area (Å²) < 4.78 is 0. The Balaban J connectivity index is 2.37. The van der Waals surface area contributed by atoms with Crippen LogP contribution in [0.2, 0.25) is 0 Å². The van der Waals surface area contributed by atoms with Gasteiger partial charge < -0.3 is 10.4 Å². The molecule has 12 heavy (non-hydrogen) atoms. The van der Waals surface area contributed by atoms with E-state index in [4.69, 9.17) is 5.11 Å². The van der Waals surface area contributed by atoms with Crippen molar-refractivity contribution in [1.82, 2.24) is 5.32 Å². The quantitative estimate of drug-likeness (QED) is 0.627. The van der Waals surface area contributed by atoms with Crippen LogP contribution in [0.15, 0.2) is 11.6 Å². The minimum Gasteiger partial charge on any atom is -0.392 e. The van der Waals surface area contributed by atoms with Gasteiger partial charge >= 0.3 is 0 Å². The molecular weight excluding hydrogens is 150 g/mol. The molecule has 0 amide bonds. The van der Waals surface area contributed by atoms with Crippen LogP contribution < -0.4 is 5.32 Å². The molecule has 70 valence electrons. The Bertz CT molecular complexity index is 154. The first-order valence-electron chi connectivity index (χ1n) is 4.89. The molecule has 0 saturated carbocycles. The van der Waals surface area contributed by atoms with Gasteiger partial charge in [-0.25, -0.2) is 0 Å². The van der Waals surface area contributed by atoms with Gasteiger partial charge in [0.2, 0.25) is 0 Å². The normalized spacial score (nSPS) is 24.8. The lowest BCUT2D eigenvalue weighted by atomic mass is 10.1. The fraction of sp³-hybridized carbons (Fsp3) is 0.800. The molecule has 2 N–H and O–H groups in total. The molecule has 0 fully saturated rings. The maximum Gasteiger partial charge on any atom is 0.0641 e. The van der Waals surface area contributed by atoms with Crippen LogP contribution in [0, 0.1) is 0 Å². The molecule has 0 saturated heterocycles. The van der Waals surface area contributed by atoms with Crippen LogP contribution in [0.5, 0.6) is 0 Å². The molecule has 0 aliphatic heterocycles. The van der Waals surface area contributed by atoms with Gasteiger partial charge in [-0.05, 0) is 37.8 Å². The smallest absolute Gasteiger partial charge is 0.0641 e. The van der Waals surface area contributed by atoms with E-state index in [1.165, 1.54) is 18.4 Å². The minimum absolute atomic E-state index is 0.249. The molecule has 0 radical (unpaired) electrons. The van der Waals surface area contributed by atoms with Crippen LogP contribution in [0.25, 0.3) is 0 Å². The zero-order valence-corrected chi connectivity index (χ0v) is 7.84. The SMILES string of the molecule is CCN[C@H]1CC=C(CO)CCC1. The van der Waals surface area contributed by atoms with Crippen LogP contribution in [0.3, 0.4) is 0 Å². The summed E-state index contributed by atoms with van der Waals surface area (Å²) >= 11 is 0. The Morgan fingerprint density at radius 1 is 1.67 bits per heavy atom. The monoisotopic (exact) mass is 169 g/mol. The molecule has 0 spiro atoms. The van der Waals surface area contributed by atoms with Crippen LogP contribution in [-0.2, 0) is 0 Å². The van der Waals surface area contributed by atoms with Crippen molar-refractivity contribution in [2.45, 2.75) is 38.6 Å². The van der Waals surface area contributed by atoms with E-state index in [0.717, 1.165) is 19.4 Å². The van der Waals surface area contributed by atoms with Crippen LogP contribution in [0.4, 0.5) is 0 Å². The average molecular weight is 169 g/mol. The molecule has 0 aromatic rings. The second-order valence-corrected chi connectivity index (χ2v) is 3.40. The van der Waals surface area contributed by atoms with Crippen LogP contribution in [-0.4, -0.2) is 24.3 Å². The maximum atomic E-state index is 8.94. The Kier molecular flexibility index (Phi) is 4.33. The fourth-order valence-corrected chi connectivity index (χ4v) is 1.72. The summed E-state index contributed by atoms with van der Waals surface area (Å²) in [6.07, 6.45) is 6.82. The van der Waals surface area contributed by atoms with Gasteiger partial charge in [0.25, 0.3) is 0 Å². The van der Waals surface area contributed by atoms with E-state index in [0.29, 0.717) is 6.04 Å². The molecule has 1 aliphatic carbocycles. The second kappa shape index (κ2) is 5.33. The van der Waals surface area contributed by atoms with E-state index in [1.54, 1.807) is 0 Å². The minimum atomic E-state index is 0.249. The van der Waals surface area contributed by atoms with E-state index in [1.807, 2.05) is 0 Å². The zero-order chi connectivity index (χ0) is 8.81. The Morgan fingerprint density at radius 2 is 2.50 bits per heavy atom. The summed E-state index contributed by atoms with van der Waals surface area (Å²) in [6.45, 7) is 3.44. The van der Waals surface area contributed by atoms with Crippen LogP contribution in [0.1, 0.15) is 32.6 Å². The summed E-state index contributed by atoms with van der Waals surface area (Å²) in [5.41, 5.74) is 1.22. The van der Waals surface area contributed by atoms with Gasteiger partial charge in [-0.1, -0.05) is 13.0 Å². The highest BCUT2D eigenvalue weighted by Crippen LogP contribution is 2.16. The third-order valence-corrected chi connectivity index (χ3v) is 2.44. The van der Waals surface area contributed by atoms with Gasteiger partial charge in [0, 0.05) is 6.04 Å². The average Bonchev–Trinajstić information content (AvgIpc) is 2.31. The summed E-state index contributed by atoms with van der Waals surface area (Å²) in [5.74, 6) is 0. The summed E-state index contributed by atoms with van der Waals surface area (Å²) in [6, 6.07) is 0.638. The predicted molar refractivity (Wildman–Crippen MR) is 51.1 cm³/mol. The van der Waals surface area contributed by atoms with E-state index < -0.39 is 0 Å². The molecule has 0 aromatic heterocycles. The Morgan fingerprint density at radius 3 is 3.17 bits per heavy atom. The van der Waals surface area contributed by atoms with Crippen molar-refractivity contribution < 1.29 is 5.11 Å². The molecule has 1 atom stereocenters. The van der Waals surface area contributed by atoms with Gasteiger partial charge in [-0.3, -0.25) is 0 Å². The number of hydrogen-bond acceptors (Lipinski definition) is 2. The molecule has 0 aromatic carbocycles. The van der Waals surface area contributed by atoms with Crippen molar-refractivity contribution in [2.75, 3.05) is 13.2 Å². The lowest BCUT2D eigenvalue weighted by Gasteiger charge is -2.12. The van der Waals surface area contributed by atoms with Gasteiger partial charge in [-0.2, -0.15) is 0 Å². The fourth-order valence-electron chi connectivity index (χ4n) is 1.72. The molecule has 0 bridgehead atoms. The van der Waals surface area contributed by atoms with Crippen molar-refractivity contribution in [3.05, 3.63) is 11.6 Å². The second-order valence-electron chi connectivity index (χ2n) is 3.40. The largest absolute Gasteiger partial charge is 0.392 e. The molecule has 1 aliphatic rings. The first-order valence-corrected chi connectivity index (χ1v) is 4.89. The molecule has 2 nitrogen and oxygen atoms in total.